The third kappa shape index (κ3) is 6.68. The van der Waals surface area contributed by atoms with Gasteiger partial charge in [0.25, 0.3) is 0 Å². The van der Waals surface area contributed by atoms with Crippen molar-refractivity contribution in [2.45, 2.75) is 103 Å². The molecule has 0 radical (unpaired) electrons. The van der Waals surface area contributed by atoms with Crippen LogP contribution in [0.1, 0.15) is 72.6 Å². The average molecular weight is 326 g/mol. The largest absolute Gasteiger partial charge is 0.444 e. The zero-order valence-electron chi connectivity index (χ0n) is 15.2. The summed E-state index contributed by atoms with van der Waals surface area (Å²) in [5.41, 5.74) is -0.453. The van der Waals surface area contributed by atoms with Gasteiger partial charge in [0, 0.05) is 18.6 Å². The summed E-state index contributed by atoms with van der Waals surface area (Å²) in [5.74, 6) is 0. The molecule has 0 aromatic heterocycles. The second kappa shape index (κ2) is 8.34. The van der Waals surface area contributed by atoms with Crippen LogP contribution in [0, 0.1) is 0 Å². The van der Waals surface area contributed by atoms with Gasteiger partial charge in [-0.25, -0.2) is 4.79 Å². The fourth-order valence-corrected chi connectivity index (χ4v) is 3.50. The van der Waals surface area contributed by atoms with Gasteiger partial charge < -0.3 is 20.1 Å². The van der Waals surface area contributed by atoms with E-state index in [9.17, 15) is 4.79 Å². The number of rotatable bonds is 4. The van der Waals surface area contributed by atoms with Crippen LogP contribution >= 0.6 is 0 Å². The van der Waals surface area contributed by atoms with Gasteiger partial charge in [-0.05, 0) is 53.4 Å². The SMILES string of the molecule is CC1CCC(CNC2CCCCCC2NC(=O)OC(C)(C)C)O1. The van der Waals surface area contributed by atoms with Crippen molar-refractivity contribution < 1.29 is 14.3 Å². The molecule has 2 N–H and O–H groups in total. The maximum Gasteiger partial charge on any atom is 0.407 e. The van der Waals surface area contributed by atoms with Crippen molar-refractivity contribution in [1.82, 2.24) is 10.6 Å². The summed E-state index contributed by atoms with van der Waals surface area (Å²) >= 11 is 0. The highest BCUT2D eigenvalue weighted by molar-refractivity contribution is 5.68. The molecule has 0 spiro atoms. The molecule has 2 fully saturated rings. The Morgan fingerprint density at radius 3 is 2.39 bits per heavy atom. The van der Waals surface area contributed by atoms with Crippen LogP contribution in [-0.2, 0) is 9.47 Å². The highest BCUT2D eigenvalue weighted by Gasteiger charge is 2.29. The molecular weight excluding hydrogens is 292 g/mol. The van der Waals surface area contributed by atoms with E-state index in [0.717, 1.165) is 38.6 Å². The zero-order valence-corrected chi connectivity index (χ0v) is 15.2. The molecule has 134 valence electrons. The van der Waals surface area contributed by atoms with Crippen LogP contribution in [0.3, 0.4) is 0 Å². The van der Waals surface area contributed by atoms with Gasteiger partial charge in [-0.2, -0.15) is 0 Å². The fraction of sp³-hybridized carbons (Fsp3) is 0.944. The lowest BCUT2D eigenvalue weighted by molar-refractivity contribution is 0.0463. The summed E-state index contributed by atoms with van der Waals surface area (Å²) in [7, 11) is 0. The zero-order chi connectivity index (χ0) is 16.9. The van der Waals surface area contributed by atoms with Crippen LogP contribution in [0.4, 0.5) is 4.79 Å². The maximum absolute atomic E-state index is 12.1. The summed E-state index contributed by atoms with van der Waals surface area (Å²) in [6.45, 7) is 8.70. The number of amides is 1. The Morgan fingerprint density at radius 2 is 1.78 bits per heavy atom. The van der Waals surface area contributed by atoms with Crippen LogP contribution in [0.5, 0.6) is 0 Å². The highest BCUT2D eigenvalue weighted by Crippen LogP contribution is 2.21. The van der Waals surface area contributed by atoms with E-state index >= 15 is 0 Å². The standard InChI is InChI=1S/C18H34N2O3/c1-13-10-11-14(22-13)12-19-15-8-6-5-7-9-16(15)20-17(21)23-18(2,3)4/h13-16,19H,5-12H2,1-4H3,(H,20,21). The maximum atomic E-state index is 12.1. The third-order valence-electron chi connectivity index (χ3n) is 4.65. The fourth-order valence-electron chi connectivity index (χ4n) is 3.50. The number of alkyl carbamates (subject to hydrolysis) is 1. The average Bonchev–Trinajstić information content (AvgIpc) is 2.72. The number of ether oxygens (including phenoxy) is 2. The van der Waals surface area contributed by atoms with E-state index in [2.05, 4.69) is 17.6 Å². The molecule has 0 aromatic rings. The van der Waals surface area contributed by atoms with E-state index in [4.69, 9.17) is 9.47 Å². The molecule has 2 aliphatic rings. The molecule has 1 aliphatic carbocycles. The molecule has 1 saturated heterocycles. The topological polar surface area (TPSA) is 59.6 Å². The molecule has 4 unspecified atom stereocenters. The molecule has 5 nitrogen and oxygen atoms in total. The lowest BCUT2D eigenvalue weighted by atomic mass is 10.0. The summed E-state index contributed by atoms with van der Waals surface area (Å²) in [6, 6.07) is 0.454. The Labute approximate surface area is 140 Å². The minimum absolute atomic E-state index is 0.145. The minimum atomic E-state index is -0.453. The van der Waals surface area contributed by atoms with E-state index in [1.807, 2.05) is 20.8 Å². The minimum Gasteiger partial charge on any atom is -0.444 e. The van der Waals surface area contributed by atoms with Crippen molar-refractivity contribution in [3.63, 3.8) is 0 Å². The molecule has 0 bridgehead atoms. The Morgan fingerprint density at radius 1 is 1.09 bits per heavy atom. The number of nitrogens with one attached hydrogen (secondary N) is 2. The van der Waals surface area contributed by atoms with Crippen molar-refractivity contribution in [2.75, 3.05) is 6.54 Å². The Hall–Kier alpha value is -0.810. The van der Waals surface area contributed by atoms with Gasteiger partial charge in [0.1, 0.15) is 5.60 Å². The Bertz CT molecular complexity index is 381. The number of carbonyl (C=O) groups is 1. The van der Waals surface area contributed by atoms with Crippen molar-refractivity contribution in [1.29, 1.82) is 0 Å². The Balaban J connectivity index is 1.84. The first-order valence-corrected chi connectivity index (χ1v) is 9.22. The Kier molecular flexibility index (Phi) is 6.72. The summed E-state index contributed by atoms with van der Waals surface area (Å²) in [6.07, 6.45) is 8.40. The summed E-state index contributed by atoms with van der Waals surface area (Å²) in [5, 5.41) is 6.73. The number of carbonyl (C=O) groups excluding carboxylic acids is 1. The van der Waals surface area contributed by atoms with Crippen LogP contribution in [0.2, 0.25) is 0 Å². The second-order valence-corrected chi connectivity index (χ2v) is 8.05. The molecule has 1 amide bonds. The van der Waals surface area contributed by atoms with Crippen LogP contribution < -0.4 is 10.6 Å². The monoisotopic (exact) mass is 326 g/mol. The van der Waals surface area contributed by atoms with Crippen LogP contribution in [-0.4, -0.2) is 42.5 Å². The van der Waals surface area contributed by atoms with Crippen LogP contribution in [0.15, 0.2) is 0 Å². The second-order valence-electron chi connectivity index (χ2n) is 8.05. The van der Waals surface area contributed by atoms with Gasteiger partial charge in [-0.15, -0.1) is 0 Å². The van der Waals surface area contributed by atoms with Gasteiger partial charge in [0.15, 0.2) is 0 Å². The molecule has 1 aliphatic heterocycles. The van der Waals surface area contributed by atoms with Gasteiger partial charge >= 0.3 is 6.09 Å². The molecule has 1 saturated carbocycles. The van der Waals surface area contributed by atoms with Crippen molar-refractivity contribution in [3.05, 3.63) is 0 Å². The normalized spacial score (nSPS) is 32.3. The predicted molar refractivity (Wildman–Crippen MR) is 91.6 cm³/mol. The van der Waals surface area contributed by atoms with Gasteiger partial charge in [-0.3, -0.25) is 0 Å². The van der Waals surface area contributed by atoms with E-state index in [1.54, 1.807) is 0 Å². The molecule has 4 atom stereocenters. The quantitative estimate of drug-likeness (QED) is 0.778. The molecule has 1 heterocycles. The van der Waals surface area contributed by atoms with Crippen molar-refractivity contribution in [2.24, 2.45) is 0 Å². The number of hydrogen-bond acceptors (Lipinski definition) is 4. The van der Waals surface area contributed by atoms with Gasteiger partial charge in [0.05, 0.1) is 12.2 Å². The molecule has 0 aromatic carbocycles. The van der Waals surface area contributed by atoms with Gasteiger partial charge in [-0.1, -0.05) is 19.3 Å². The van der Waals surface area contributed by atoms with Crippen molar-refractivity contribution >= 4 is 6.09 Å². The lowest BCUT2D eigenvalue weighted by Gasteiger charge is -2.29. The first-order chi connectivity index (χ1) is 10.8. The summed E-state index contributed by atoms with van der Waals surface area (Å²) < 4.78 is 11.3. The first-order valence-electron chi connectivity index (χ1n) is 9.22. The van der Waals surface area contributed by atoms with Gasteiger partial charge in [0.2, 0.25) is 0 Å². The predicted octanol–water partition coefficient (Wildman–Crippen LogP) is 3.37. The lowest BCUT2D eigenvalue weighted by Crippen LogP contribution is -2.51. The van der Waals surface area contributed by atoms with E-state index in [-0.39, 0.29) is 12.1 Å². The smallest absolute Gasteiger partial charge is 0.407 e. The molecular formula is C18H34N2O3. The highest BCUT2D eigenvalue weighted by atomic mass is 16.6. The van der Waals surface area contributed by atoms with E-state index in [0.29, 0.717) is 18.2 Å². The molecule has 2 rings (SSSR count). The first kappa shape index (κ1) is 18.5. The summed E-state index contributed by atoms with van der Waals surface area (Å²) in [4.78, 5) is 12.1. The molecule has 5 heteroatoms. The van der Waals surface area contributed by atoms with Crippen LogP contribution in [0.25, 0.3) is 0 Å². The van der Waals surface area contributed by atoms with E-state index < -0.39 is 5.60 Å². The third-order valence-corrected chi connectivity index (χ3v) is 4.65. The number of hydrogen-bond donors (Lipinski definition) is 2. The molecule has 23 heavy (non-hydrogen) atoms. The van der Waals surface area contributed by atoms with Crippen molar-refractivity contribution in [3.8, 4) is 0 Å². The van der Waals surface area contributed by atoms with E-state index in [1.165, 1.54) is 12.8 Å².